The second-order valence-corrected chi connectivity index (χ2v) is 4.95. The fourth-order valence-corrected chi connectivity index (χ4v) is 2.40. The molecule has 0 saturated heterocycles. The first-order valence-corrected chi connectivity index (χ1v) is 6.82. The van der Waals surface area contributed by atoms with Crippen LogP contribution in [0.2, 0.25) is 0 Å². The summed E-state index contributed by atoms with van der Waals surface area (Å²) in [5, 5.41) is 6.27. The molecule has 20 heavy (non-hydrogen) atoms. The highest BCUT2D eigenvalue weighted by molar-refractivity contribution is 5.94. The molecule has 0 spiro atoms. The van der Waals surface area contributed by atoms with Crippen molar-refractivity contribution in [2.75, 3.05) is 6.54 Å². The van der Waals surface area contributed by atoms with Crippen molar-refractivity contribution >= 4 is 5.91 Å². The standard InChI is InChI=1S/C16H17N3O/c20-16(19-10-12-3-6-17-7-4-12)14-1-2-15-11-18-8-5-13(15)9-14/h1-4,6-7,9,18H,5,8,10-11H2,(H,19,20). The second-order valence-electron chi connectivity index (χ2n) is 4.95. The van der Waals surface area contributed by atoms with E-state index in [1.54, 1.807) is 12.4 Å². The van der Waals surface area contributed by atoms with Crippen molar-refractivity contribution < 1.29 is 4.79 Å². The molecule has 1 aromatic carbocycles. The minimum Gasteiger partial charge on any atom is -0.348 e. The van der Waals surface area contributed by atoms with E-state index in [1.165, 1.54) is 11.1 Å². The van der Waals surface area contributed by atoms with E-state index in [2.05, 4.69) is 15.6 Å². The van der Waals surface area contributed by atoms with E-state index in [-0.39, 0.29) is 5.91 Å². The van der Waals surface area contributed by atoms with E-state index in [4.69, 9.17) is 0 Å². The molecule has 1 aromatic heterocycles. The third-order valence-electron chi connectivity index (χ3n) is 3.56. The molecule has 0 radical (unpaired) electrons. The fraction of sp³-hybridized carbons (Fsp3) is 0.250. The molecule has 102 valence electrons. The monoisotopic (exact) mass is 267 g/mol. The van der Waals surface area contributed by atoms with Crippen molar-refractivity contribution in [1.29, 1.82) is 0 Å². The Balaban J connectivity index is 1.68. The van der Waals surface area contributed by atoms with Crippen LogP contribution in [0.5, 0.6) is 0 Å². The molecule has 4 heteroatoms. The van der Waals surface area contributed by atoms with Gasteiger partial charge in [0.05, 0.1) is 0 Å². The van der Waals surface area contributed by atoms with Crippen LogP contribution in [0, 0.1) is 0 Å². The number of hydrogen-bond acceptors (Lipinski definition) is 3. The third kappa shape index (κ3) is 2.86. The molecule has 3 rings (SSSR count). The zero-order valence-electron chi connectivity index (χ0n) is 11.2. The van der Waals surface area contributed by atoms with Gasteiger partial charge in [-0.05, 0) is 53.9 Å². The van der Waals surface area contributed by atoms with Crippen molar-refractivity contribution in [2.45, 2.75) is 19.5 Å². The van der Waals surface area contributed by atoms with E-state index in [0.717, 1.165) is 30.6 Å². The van der Waals surface area contributed by atoms with Crippen LogP contribution in [-0.4, -0.2) is 17.4 Å². The van der Waals surface area contributed by atoms with Gasteiger partial charge in [-0.15, -0.1) is 0 Å². The van der Waals surface area contributed by atoms with Gasteiger partial charge in [0, 0.05) is 31.0 Å². The highest BCUT2D eigenvalue weighted by Crippen LogP contribution is 2.16. The Bertz CT molecular complexity index is 610. The number of hydrogen-bond donors (Lipinski definition) is 2. The maximum Gasteiger partial charge on any atom is 0.251 e. The number of aromatic nitrogens is 1. The summed E-state index contributed by atoms with van der Waals surface area (Å²) in [6, 6.07) is 9.76. The zero-order valence-corrected chi connectivity index (χ0v) is 11.2. The average molecular weight is 267 g/mol. The first kappa shape index (κ1) is 12.8. The molecule has 2 N–H and O–H groups in total. The van der Waals surface area contributed by atoms with E-state index in [0.29, 0.717) is 6.54 Å². The topological polar surface area (TPSA) is 54.0 Å². The molecule has 0 bridgehead atoms. The maximum atomic E-state index is 12.2. The van der Waals surface area contributed by atoms with E-state index in [1.807, 2.05) is 30.3 Å². The van der Waals surface area contributed by atoms with Gasteiger partial charge in [-0.3, -0.25) is 9.78 Å². The highest BCUT2D eigenvalue weighted by Gasteiger charge is 2.12. The number of fused-ring (bicyclic) bond motifs is 1. The van der Waals surface area contributed by atoms with Crippen molar-refractivity contribution in [3.8, 4) is 0 Å². The van der Waals surface area contributed by atoms with Crippen molar-refractivity contribution in [1.82, 2.24) is 15.6 Å². The van der Waals surface area contributed by atoms with Gasteiger partial charge in [0.15, 0.2) is 0 Å². The number of carbonyl (C=O) groups excluding carboxylic acids is 1. The van der Waals surface area contributed by atoms with Crippen LogP contribution in [0.1, 0.15) is 27.0 Å². The SMILES string of the molecule is O=C(NCc1ccncc1)c1ccc2c(c1)CCNC2. The van der Waals surface area contributed by atoms with Crippen molar-refractivity contribution in [2.24, 2.45) is 0 Å². The summed E-state index contributed by atoms with van der Waals surface area (Å²) in [5.74, 6) is -0.0249. The maximum absolute atomic E-state index is 12.2. The van der Waals surface area contributed by atoms with Gasteiger partial charge in [0.2, 0.25) is 0 Å². The molecule has 0 fully saturated rings. The van der Waals surface area contributed by atoms with Crippen LogP contribution in [0.3, 0.4) is 0 Å². The largest absolute Gasteiger partial charge is 0.348 e. The smallest absolute Gasteiger partial charge is 0.251 e. The molecular formula is C16H17N3O. The molecule has 4 nitrogen and oxygen atoms in total. The minimum absolute atomic E-state index is 0.0249. The average Bonchev–Trinajstić information content (AvgIpc) is 2.53. The quantitative estimate of drug-likeness (QED) is 0.889. The molecule has 2 aromatic rings. The van der Waals surface area contributed by atoms with Gasteiger partial charge in [-0.25, -0.2) is 0 Å². The summed E-state index contributed by atoms with van der Waals surface area (Å²) < 4.78 is 0. The lowest BCUT2D eigenvalue weighted by molar-refractivity contribution is 0.0950. The van der Waals surface area contributed by atoms with Gasteiger partial charge in [0.1, 0.15) is 0 Å². The van der Waals surface area contributed by atoms with Gasteiger partial charge in [-0.1, -0.05) is 6.07 Å². The lowest BCUT2D eigenvalue weighted by atomic mass is 9.98. The van der Waals surface area contributed by atoms with E-state index >= 15 is 0 Å². The molecule has 0 aliphatic carbocycles. The van der Waals surface area contributed by atoms with E-state index < -0.39 is 0 Å². The Morgan fingerprint density at radius 1 is 1.20 bits per heavy atom. The number of nitrogens with one attached hydrogen (secondary N) is 2. The van der Waals surface area contributed by atoms with Crippen LogP contribution < -0.4 is 10.6 Å². The Kier molecular flexibility index (Phi) is 3.74. The highest BCUT2D eigenvalue weighted by atomic mass is 16.1. The Morgan fingerprint density at radius 2 is 2.05 bits per heavy atom. The summed E-state index contributed by atoms with van der Waals surface area (Å²) in [7, 11) is 0. The molecular weight excluding hydrogens is 250 g/mol. The molecule has 0 unspecified atom stereocenters. The molecule has 0 atom stereocenters. The number of amides is 1. The summed E-state index contributed by atoms with van der Waals surface area (Å²) in [4.78, 5) is 16.1. The number of benzene rings is 1. The van der Waals surface area contributed by atoms with Crippen LogP contribution in [0.15, 0.2) is 42.7 Å². The number of pyridine rings is 1. The first-order chi connectivity index (χ1) is 9.83. The van der Waals surface area contributed by atoms with Gasteiger partial charge in [0.25, 0.3) is 5.91 Å². The zero-order chi connectivity index (χ0) is 13.8. The van der Waals surface area contributed by atoms with Crippen LogP contribution in [0.4, 0.5) is 0 Å². The number of rotatable bonds is 3. The predicted molar refractivity (Wildman–Crippen MR) is 77.3 cm³/mol. The number of nitrogens with zero attached hydrogens (tertiary/aromatic N) is 1. The summed E-state index contributed by atoms with van der Waals surface area (Å²) in [5.41, 5.74) is 4.36. The fourth-order valence-electron chi connectivity index (χ4n) is 2.40. The summed E-state index contributed by atoms with van der Waals surface area (Å²) in [6.45, 7) is 2.41. The lowest BCUT2D eigenvalue weighted by Gasteiger charge is -2.17. The molecule has 2 heterocycles. The second kappa shape index (κ2) is 5.84. The van der Waals surface area contributed by atoms with Crippen LogP contribution in [-0.2, 0) is 19.5 Å². The minimum atomic E-state index is -0.0249. The summed E-state index contributed by atoms with van der Waals surface area (Å²) >= 11 is 0. The Labute approximate surface area is 118 Å². The van der Waals surface area contributed by atoms with Crippen molar-refractivity contribution in [3.05, 3.63) is 65.0 Å². The molecule has 1 amide bonds. The van der Waals surface area contributed by atoms with Gasteiger partial charge < -0.3 is 10.6 Å². The van der Waals surface area contributed by atoms with Crippen molar-refractivity contribution in [3.63, 3.8) is 0 Å². The molecule has 1 aliphatic heterocycles. The van der Waals surface area contributed by atoms with Gasteiger partial charge >= 0.3 is 0 Å². The summed E-state index contributed by atoms with van der Waals surface area (Å²) in [6.07, 6.45) is 4.45. The van der Waals surface area contributed by atoms with E-state index in [9.17, 15) is 4.79 Å². The molecule has 0 saturated carbocycles. The predicted octanol–water partition coefficient (Wildman–Crippen LogP) is 1.66. The van der Waals surface area contributed by atoms with Crippen LogP contribution in [0.25, 0.3) is 0 Å². The molecule has 1 aliphatic rings. The van der Waals surface area contributed by atoms with Gasteiger partial charge in [-0.2, -0.15) is 0 Å². The first-order valence-electron chi connectivity index (χ1n) is 6.82. The normalized spacial score (nSPS) is 13.6. The Hall–Kier alpha value is -2.20. The third-order valence-corrected chi connectivity index (χ3v) is 3.56. The van der Waals surface area contributed by atoms with Crippen LogP contribution >= 0.6 is 0 Å². The number of carbonyl (C=O) groups is 1. The lowest BCUT2D eigenvalue weighted by Crippen LogP contribution is -2.26. The Morgan fingerprint density at radius 3 is 2.90 bits per heavy atom.